The Balaban J connectivity index is 1.82. The second-order valence-corrected chi connectivity index (χ2v) is 6.94. The van der Waals surface area contributed by atoms with Crippen LogP contribution in [0.4, 0.5) is 5.82 Å². The molecule has 25 heavy (non-hydrogen) atoms. The number of morpholine rings is 1. The van der Waals surface area contributed by atoms with E-state index in [-0.39, 0.29) is 12.2 Å². The first-order chi connectivity index (χ1) is 12.0. The van der Waals surface area contributed by atoms with Crippen LogP contribution in [0.5, 0.6) is 0 Å². The smallest absolute Gasteiger partial charge is 0.168 e. The van der Waals surface area contributed by atoms with E-state index in [1.165, 1.54) is 11.1 Å². The molecule has 0 N–H and O–H groups in total. The summed E-state index contributed by atoms with van der Waals surface area (Å²) in [5.41, 5.74) is 4.27. The van der Waals surface area contributed by atoms with Gasteiger partial charge in [0.15, 0.2) is 5.65 Å². The first-order valence-corrected chi connectivity index (χ1v) is 8.69. The molecule has 6 heteroatoms. The Morgan fingerprint density at radius 2 is 1.84 bits per heavy atom. The van der Waals surface area contributed by atoms with E-state index >= 15 is 0 Å². The van der Waals surface area contributed by atoms with Gasteiger partial charge in [0.25, 0.3) is 0 Å². The number of aryl methyl sites for hydroxylation is 2. The molecular weight excluding hydrogens is 314 g/mol. The molecule has 3 heterocycles. The van der Waals surface area contributed by atoms with Crippen LogP contribution >= 0.6 is 0 Å². The van der Waals surface area contributed by atoms with Crippen molar-refractivity contribution in [2.24, 2.45) is 0 Å². The molecule has 130 valence electrons. The lowest BCUT2D eigenvalue weighted by Crippen LogP contribution is -2.45. The fourth-order valence-electron chi connectivity index (χ4n) is 3.56. The molecule has 0 radical (unpaired) electrons. The first-order valence-electron chi connectivity index (χ1n) is 8.69. The van der Waals surface area contributed by atoms with Crippen molar-refractivity contribution in [1.29, 1.82) is 0 Å². The summed E-state index contributed by atoms with van der Waals surface area (Å²) < 4.78 is 7.76. The molecular formula is C19H23N5O. The molecule has 1 aliphatic heterocycles. The van der Waals surface area contributed by atoms with Crippen molar-refractivity contribution < 1.29 is 4.74 Å². The van der Waals surface area contributed by atoms with Crippen molar-refractivity contribution in [3.05, 3.63) is 41.9 Å². The standard InChI is InChI=1S/C19H23N5O/c1-12-5-6-13(2)17(7-12)24-19-16(8-22-24)18(20-11-21-19)23-9-14(3)25-15(4)10-23/h5-8,11,14-15H,9-10H2,1-4H3/t14-,15+. The molecule has 6 nitrogen and oxygen atoms in total. The Kier molecular flexibility index (Phi) is 3.92. The highest BCUT2D eigenvalue weighted by Crippen LogP contribution is 2.28. The van der Waals surface area contributed by atoms with Gasteiger partial charge in [0.2, 0.25) is 0 Å². The number of aromatic nitrogens is 4. The summed E-state index contributed by atoms with van der Waals surface area (Å²) in [5.74, 6) is 0.934. The number of rotatable bonds is 2. The minimum Gasteiger partial charge on any atom is -0.372 e. The van der Waals surface area contributed by atoms with Crippen molar-refractivity contribution >= 4 is 16.9 Å². The van der Waals surface area contributed by atoms with E-state index < -0.39 is 0 Å². The largest absolute Gasteiger partial charge is 0.372 e. The summed E-state index contributed by atoms with van der Waals surface area (Å²) in [4.78, 5) is 11.3. The Bertz CT molecular complexity index is 909. The van der Waals surface area contributed by atoms with E-state index in [4.69, 9.17) is 4.74 Å². The third kappa shape index (κ3) is 2.87. The summed E-state index contributed by atoms with van der Waals surface area (Å²) >= 11 is 0. The number of fused-ring (bicyclic) bond motifs is 1. The van der Waals surface area contributed by atoms with Crippen LogP contribution in [0.25, 0.3) is 16.7 Å². The van der Waals surface area contributed by atoms with Gasteiger partial charge in [-0.15, -0.1) is 0 Å². The predicted molar refractivity (Wildman–Crippen MR) is 98.4 cm³/mol. The lowest BCUT2D eigenvalue weighted by molar-refractivity contribution is -0.00537. The molecule has 0 aliphatic carbocycles. The molecule has 0 saturated carbocycles. The maximum atomic E-state index is 5.85. The topological polar surface area (TPSA) is 56.1 Å². The van der Waals surface area contributed by atoms with Gasteiger partial charge >= 0.3 is 0 Å². The summed E-state index contributed by atoms with van der Waals surface area (Å²) in [6, 6.07) is 6.37. The highest BCUT2D eigenvalue weighted by Gasteiger charge is 2.25. The Hall–Kier alpha value is -2.47. The van der Waals surface area contributed by atoms with E-state index in [9.17, 15) is 0 Å². The zero-order valence-corrected chi connectivity index (χ0v) is 15.1. The van der Waals surface area contributed by atoms with Crippen molar-refractivity contribution in [3.63, 3.8) is 0 Å². The molecule has 0 bridgehead atoms. The molecule has 0 spiro atoms. The van der Waals surface area contributed by atoms with Gasteiger partial charge in [0.05, 0.1) is 29.5 Å². The van der Waals surface area contributed by atoms with Crippen LogP contribution in [0.2, 0.25) is 0 Å². The number of benzene rings is 1. The first kappa shape index (κ1) is 16.0. The summed E-state index contributed by atoms with van der Waals surface area (Å²) in [5, 5.41) is 5.59. The van der Waals surface area contributed by atoms with Crippen LogP contribution in [-0.4, -0.2) is 45.0 Å². The van der Waals surface area contributed by atoms with Crippen LogP contribution in [0.15, 0.2) is 30.7 Å². The van der Waals surface area contributed by atoms with Gasteiger partial charge in [-0.3, -0.25) is 0 Å². The fourth-order valence-corrected chi connectivity index (χ4v) is 3.56. The fraction of sp³-hybridized carbons (Fsp3) is 0.421. The SMILES string of the molecule is Cc1ccc(C)c(-n2ncc3c(N4C[C@@H](C)O[C@@H](C)C4)ncnc32)c1. The molecule has 2 atom stereocenters. The molecule has 1 fully saturated rings. The molecule has 1 aliphatic rings. The number of anilines is 1. The Morgan fingerprint density at radius 3 is 2.60 bits per heavy atom. The molecule has 0 amide bonds. The second-order valence-electron chi connectivity index (χ2n) is 6.94. The third-order valence-corrected chi connectivity index (χ3v) is 4.66. The van der Waals surface area contributed by atoms with E-state index in [0.29, 0.717) is 0 Å². The average Bonchev–Trinajstić information content (AvgIpc) is 3.00. The molecule has 3 aromatic rings. The van der Waals surface area contributed by atoms with E-state index in [0.717, 1.165) is 35.6 Å². The normalized spacial score (nSPS) is 21.0. The average molecular weight is 337 g/mol. The maximum Gasteiger partial charge on any atom is 0.168 e. The van der Waals surface area contributed by atoms with Crippen LogP contribution in [0.1, 0.15) is 25.0 Å². The minimum atomic E-state index is 0.183. The lowest BCUT2D eigenvalue weighted by atomic mass is 10.1. The molecule has 4 rings (SSSR count). The van der Waals surface area contributed by atoms with Crippen molar-refractivity contribution in [3.8, 4) is 5.69 Å². The van der Waals surface area contributed by atoms with Gasteiger partial charge in [-0.2, -0.15) is 5.10 Å². The van der Waals surface area contributed by atoms with Crippen molar-refractivity contribution in [1.82, 2.24) is 19.7 Å². The minimum absolute atomic E-state index is 0.183. The van der Waals surface area contributed by atoms with Crippen LogP contribution in [0, 0.1) is 13.8 Å². The summed E-state index contributed by atoms with van der Waals surface area (Å²) in [6.07, 6.45) is 3.87. The van der Waals surface area contributed by atoms with Gasteiger partial charge in [-0.25, -0.2) is 14.6 Å². The third-order valence-electron chi connectivity index (χ3n) is 4.66. The Morgan fingerprint density at radius 1 is 1.08 bits per heavy atom. The van der Waals surface area contributed by atoms with Gasteiger partial charge in [0, 0.05) is 13.1 Å². The predicted octanol–water partition coefficient (Wildman–Crippen LogP) is 3.05. The van der Waals surface area contributed by atoms with Gasteiger partial charge in [0.1, 0.15) is 12.1 Å². The highest BCUT2D eigenvalue weighted by molar-refractivity contribution is 5.87. The molecule has 2 aromatic heterocycles. The van der Waals surface area contributed by atoms with E-state index in [2.05, 4.69) is 65.9 Å². The van der Waals surface area contributed by atoms with Crippen molar-refractivity contribution in [2.45, 2.75) is 39.9 Å². The number of ether oxygens (including phenoxy) is 1. The monoisotopic (exact) mass is 337 g/mol. The maximum absolute atomic E-state index is 5.85. The molecule has 1 saturated heterocycles. The lowest BCUT2D eigenvalue weighted by Gasteiger charge is -2.36. The zero-order chi connectivity index (χ0) is 17.6. The van der Waals surface area contributed by atoms with Crippen LogP contribution in [-0.2, 0) is 4.74 Å². The highest BCUT2D eigenvalue weighted by atomic mass is 16.5. The number of hydrogen-bond donors (Lipinski definition) is 0. The second kappa shape index (κ2) is 6.11. The summed E-state index contributed by atoms with van der Waals surface area (Å²) in [7, 11) is 0. The van der Waals surface area contributed by atoms with Crippen LogP contribution in [0.3, 0.4) is 0 Å². The van der Waals surface area contributed by atoms with Gasteiger partial charge in [-0.1, -0.05) is 12.1 Å². The number of nitrogens with zero attached hydrogens (tertiary/aromatic N) is 5. The van der Waals surface area contributed by atoms with Gasteiger partial charge in [-0.05, 0) is 44.9 Å². The van der Waals surface area contributed by atoms with Crippen molar-refractivity contribution in [2.75, 3.05) is 18.0 Å². The van der Waals surface area contributed by atoms with E-state index in [1.54, 1.807) is 6.33 Å². The molecule has 1 aromatic carbocycles. The quantitative estimate of drug-likeness (QED) is 0.719. The Labute approximate surface area is 147 Å². The van der Waals surface area contributed by atoms with Crippen LogP contribution < -0.4 is 4.90 Å². The zero-order valence-electron chi connectivity index (χ0n) is 15.1. The number of hydrogen-bond acceptors (Lipinski definition) is 5. The van der Waals surface area contributed by atoms with Gasteiger partial charge < -0.3 is 9.64 Å². The summed E-state index contributed by atoms with van der Waals surface area (Å²) in [6.45, 7) is 10.0. The molecule has 0 unspecified atom stereocenters. The van der Waals surface area contributed by atoms with E-state index in [1.807, 2.05) is 10.9 Å².